The van der Waals surface area contributed by atoms with Gasteiger partial charge in [0.05, 0.1) is 6.54 Å². The maximum Gasteiger partial charge on any atom is 0.285 e. The second kappa shape index (κ2) is 6.28. The lowest BCUT2D eigenvalue weighted by atomic mass is 9.89. The molecule has 1 aromatic rings. The van der Waals surface area contributed by atoms with Gasteiger partial charge in [-0.25, -0.2) is 0 Å². The van der Waals surface area contributed by atoms with Gasteiger partial charge in [-0.05, 0) is 19.3 Å². The van der Waals surface area contributed by atoms with Crippen LogP contribution in [-0.4, -0.2) is 12.1 Å². The minimum absolute atomic E-state index is 0.0784. The minimum atomic E-state index is -2.81. The number of rotatable bonds is 7. The van der Waals surface area contributed by atoms with Crippen LogP contribution in [0.2, 0.25) is 0 Å². The summed E-state index contributed by atoms with van der Waals surface area (Å²) in [4.78, 5) is 0. The molecule has 1 N–H and O–H groups in total. The van der Waals surface area contributed by atoms with E-state index in [1.54, 1.807) is 18.2 Å². The Kier molecular flexibility index (Phi) is 5.27. The predicted octanol–water partition coefficient (Wildman–Crippen LogP) is 4.34. The predicted molar refractivity (Wildman–Crippen MR) is 71.9 cm³/mol. The standard InChI is InChI=1S/C15H23F2N/c1-4-14(5-2,6-3)18-12-15(16,17)13-10-8-7-9-11-13/h7-11,18H,4-6,12H2,1-3H3. The lowest BCUT2D eigenvalue weighted by molar-refractivity contribution is -0.0122. The lowest BCUT2D eigenvalue weighted by Gasteiger charge is -2.33. The van der Waals surface area contributed by atoms with Crippen LogP contribution in [-0.2, 0) is 5.92 Å². The topological polar surface area (TPSA) is 12.0 Å². The average molecular weight is 255 g/mol. The van der Waals surface area contributed by atoms with Crippen molar-refractivity contribution in [2.24, 2.45) is 0 Å². The van der Waals surface area contributed by atoms with Gasteiger partial charge >= 0.3 is 0 Å². The number of hydrogen-bond acceptors (Lipinski definition) is 1. The van der Waals surface area contributed by atoms with Crippen LogP contribution in [0.3, 0.4) is 0 Å². The second-order valence-corrected chi connectivity index (χ2v) is 4.77. The Hall–Kier alpha value is -0.960. The normalized spacial score (nSPS) is 12.7. The molecule has 102 valence electrons. The van der Waals surface area contributed by atoms with Crippen molar-refractivity contribution in [3.8, 4) is 0 Å². The summed E-state index contributed by atoms with van der Waals surface area (Å²) < 4.78 is 28.1. The first-order chi connectivity index (χ1) is 8.49. The smallest absolute Gasteiger partial charge is 0.285 e. The van der Waals surface area contributed by atoms with Crippen LogP contribution in [0.1, 0.15) is 45.6 Å². The highest BCUT2D eigenvalue weighted by molar-refractivity contribution is 5.20. The Morgan fingerprint density at radius 1 is 0.944 bits per heavy atom. The number of benzene rings is 1. The molecule has 0 radical (unpaired) electrons. The quantitative estimate of drug-likeness (QED) is 0.764. The van der Waals surface area contributed by atoms with E-state index in [1.807, 2.05) is 20.8 Å². The SMILES string of the molecule is CCC(CC)(CC)NCC(F)(F)c1ccccc1. The molecule has 18 heavy (non-hydrogen) atoms. The van der Waals surface area contributed by atoms with Crippen molar-refractivity contribution < 1.29 is 8.78 Å². The zero-order valence-corrected chi connectivity index (χ0v) is 11.5. The average Bonchev–Trinajstić information content (AvgIpc) is 2.42. The van der Waals surface area contributed by atoms with Gasteiger partial charge in [0, 0.05) is 11.1 Å². The molecule has 3 heteroatoms. The molecule has 0 spiro atoms. The molecule has 0 aromatic heterocycles. The summed E-state index contributed by atoms with van der Waals surface area (Å²) in [5, 5.41) is 3.07. The molecule has 0 amide bonds. The van der Waals surface area contributed by atoms with E-state index in [1.165, 1.54) is 12.1 Å². The fourth-order valence-corrected chi connectivity index (χ4v) is 2.21. The van der Waals surface area contributed by atoms with Crippen LogP contribution in [0.25, 0.3) is 0 Å². The molecule has 0 unspecified atom stereocenters. The van der Waals surface area contributed by atoms with Crippen LogP contribution in [0, 0.1) is 0 Å². The highest BCUT2D eigenvalue weighted by atomic mass is 19.3. The third-order valence-electron chi connectivity index (χ3n) is 3.91. The maximum atomic E-state index is 14.0. The molecule has 1 nitrogen and oxygen atoms in total. The van der Waals surface area contributed by atoms with Crippen LogP contribution in [0.4, 0.5) is 8.78 Å². The molecule has 0 heterocycles. The van der Waals surface area contributed by atoms with Gasteiger partial charge in [0.2, 0.25) is 0 Å². The van der Waals surface area contributed by atoms with Crippen molar-refractivity contribution in [1.29, 1.82) is 0 Å². The molecule has 0 aliphatic heterocycles. The van der Waals surface area contributed by atoms with Crippen LogP contribution < -0.4 is 5.32 Å². The van der Waals surface area contributed by atoms with E-state index in [-0.39, 0.29) is 17.6 Å². The molecular formula is C15H23F2N. The van der Waals surface area contributed by atoms with E-state index in [4.69, 9.17) is 0 Å². The first kappa shape index (κ1) is 15.1. The van der Waals surface area contributed by atoms with Crippen LogP contribution in [0.15, 0.2) is 30.3 Å². The second-order valence-electron chi connectivity index (χ2n) is 4.77. The molecule has 0 saturated heterocycles. The molecular weight excluding hydrogens is 232 g/mol. The van der Waals surface area contributed by atoms with Crippen molar-refractivity contribution >= 4 is 0 Å². The van der Waals surface area contributed by atoms with E-state index in [2.05, 4.69) is 5.32 Å². The monoisotopic (exact) mass is 255 g/mol. The van der Waals surface area contributed by atoms with E-state index in [0.29, 0.717) is 0 Å². The largest absolute Gasteiger partial charge is 0.305 e. The fraction of sp³-hybridized carbons (Fsp3) is 0.600. The lowest BCUT2D eigenvalue weighted by Crippen LogP contribution is -2.48. The summed E-state index contributed by atoms with van der Waals surface area (Å²) in [6.07, 6.45) is 2.60. The number of nitrogens with one attached hydrogen (secondary N) is 1. The summed E-state index contributed by atoms with van der Waals surface area (Å²) in [5.41, 5.74) is -0.0900. The summed E-state index contributed by atoms with van der Waals surface area (Å²) in [6.45, 7) is 5.83. The highest BCUT2D eigenvalue weighted by Gasteiger charge is 2.34. The Balaban J connectivity index is 2.72. The van der Waals surface area contributed by atoms with Gasteiger partial charge in [-0.2, -0.15) is 8.78 Å². The molecule has 0 atom stereocenters. The zero-order valence-electron chi connectivity index (χ0n) is 11.5. The number of halogens is 2. The van der Waals surface area contributed by atoms with Crippen LogP contribution in [0.5, 0.6) is 0 Å². The highest BCUT2D eigenvalue weighted by Crippen LogP contribution is 2.29. The summed E-state index contributed by atoms with van der Waals surface area (Å²) in [5.74, 6) is -2.81. The van der Waals surface area contributed by atoms with Crippen molar-refractivity contribution in [1.82, 2.24) is 5.32 Å². The van der Waals surface area contributed by atoms with Gasteiger partial charge in [0.25, 0.3) is 5.92 Å². The Morgan fingerprint density at radius 3 is 1.89 bits per heavy atom. The van der Waals surface area contributed by atoms with Gasteiger partial charge in [0.15, 0.2) is 0 Å². The molecule has 0 saturated carbocycles. The van der Waals surface area contributed by atoms with Gasteiger partial charge in [-0.3, -0.25) is 0 Å². The van der Waals surface area contributed by atoms with E-state index < -0.39 is 5.92 Å². The minimum Gasteiger partial charge on any atom is -0.305 e. The Morgan fingerprint density at radius 2 is 1.44 bits per heavy atom. The summed E-state index contributed by atoms with van der Waals surface area (Å²) in [7, 11) is 0. The molecule has 0 aliphatic rings. The number of alkyl halides is 2. The third kappa shape index (κ3) is 3.52. The zero-order chi connectivity index (χ0) is 13.6. The fourth-order valence-electron chi connectivity index (χ4n) is 2.21. The molecule has 0 bridgehead atoms. The molecule has 1 rings (SSSR count). The van der Waals surface area contributed by atoms with Crippen LogP contribution >= 0.6 is 0 Å². The summed E-state index contributed by atoms with van der Waals surface area (Å²) in [6, 6.07) is 8.01. The Bertz CT molecular complexity index is 337. The molecule has 1 aromatic carbocycles. The van der Waals surface area contributed by atoms with Crippen molar-refractivity contribution in [2.45, 2.75) is 51.5 Å². The first-order valence-electron chi connectivity index (χ1n) is 6.68. The van der Waals surface area contributed by atoms with Crippen molar-refractivity contribution in [2.75, 3.05) is 6.54 Å². The van der Waals surface area contributed by atoms with Gasteiger partial charge in [-0.1, -0.05) is 51.1 Å². The number of hydrogen-bond donors (Lipinski definition) is 1. The summed E-state index contributed by atoms with van der Waals surface area (Å²) >= 11 is 0. The van der Waals surface area contributed by atoms with E-state index >= 15 is 0 Å². The maximum absolute atomic E-state index is 14.0. The van der Waals surface area contributed by atoms with Gasteiger partial charge in [0.1, 0.15) is 0 Å². The van der Waals surface area contributed by atoms with Crippen molar-refractivity contribution in [3.05, 3.63) is 35.9 Å². The van der Waals surface area contributed by atoms with Crippen molar-refractivity contribution in [3.63, 3.8) is 0 Å². The third-order valence-corrected chi connectivity index (χ3v) is 3.91. The van der Waals surface area contributed by atoms with E-state index in [9.17, 15) is 8.78 Å². The molecule has 0 fully saturated rings. The van der Waals surface area contributed by atoms with E-state index in [0.717, 1.165) is 19.3 Å². The molecule has 0 aliphatic carbocycles. The Labute approximate surface area is 109 Å². The van der Waals surface area contributed by atoms with Gasteiger partial charge < -0.3 is 5.32 Å². The van der Waals surface area contributed by atoms with Gasteiger partial charge in [-0.15, -0.1) is 0 Å². The first-order valence-corrected chi connectivity index (χ1v) is 6.68.